The van der Waals surface area contributed by atoms with Crippen LogP contribution < -0.4 is 4.90 Å². The number of carboxylic acid groups (broad SMARTS) is 1. The van der Waals surface area contributed by atoms with Crippen molar-refractivity contribution in [3.8, 4) is 11.5 Å². The zero-order chi connectivity index (χ0) is 21.7. The summed E-state index contributed by atoms with van der Waals surface area (Å²) < 4.78 is 1.92. The lowest BCUT2D eigenvalue weighted by Gasteiger charge is -2.49. The van der Waals surface area contributed by atoms with Crippen molar-refractivity contribution in [2.45, 2.75) is 32.3 Å². The third-order valence-corrected chi connectivity index (χ3v) is 5.92. The highest BCUT2D eigenvalue weighted by Gasteiger charge is 2.42. The molecule has 1 atom stereocenters. The Kier molecular flexibility index (Phi) is 6.66. The Balaban J connectivity index is 0.000000806. The average molecular weight is 416 g/mol. The second-order valence-corrected chi connectivity index (χ2v) is 7.99. The van der Waals surface area contributed by atoms with Crippen LogP contribution >= 0.6 is 0 Å². The van der Waals surface area contributed by atoms with Crippen LogP contribution in [0.3, 0.4) is 0 Å². The number of anilines is 1. The summed E-state index contributed by atoms with van der Waals surface area (Å²) in [6, 6.07) is 3.95. The first-order chi connectivity index (χ1) is 14.4. The van der Waals surface area contributed by atoms with E-state index in [1.807, 2.05) is 29.9 Å². The number of hydrogen-bond acceptors (Lipinski definition) is 7. The van der Waals surface area contributed by atoms with Crippen molar-refractivity contribution in [2.24, 2.45) is 12.5 Å². The quantitative estimate of drug-likeness (QED) is 0.688. The van der Waals surface area contributed by atoms with Gasteiger partial charge in [0.05, 0.1) is 6.10 Å². The first kappa shape index (κ1) is 21.7. The minimum absolute atomic E-state index is 0.0141. The number of rotatable bonds is 2. The van der Waals surface area contributed by atoms with Gasteiger partial charge in [-0.2, -0.15) is 0 Å². The highest BCUT2D eigenvalue weighted by atomic mass is 16.3. The van der Waals surface area contributed by atoms with Gasteiger partial charge in [0.25, 0.3) is 6.47 Å². The van der Waals surface area contributed by atoms with Crippen LogP contribution in [0.15, 0.2) is 24.5 Å². The van der Waals surface area contributed by atoms with Gasteiger partial charge in [-0.25, -0.2) is 4.98 Å². The SMILES string of the molecule is CC(=O)N1CC(O)CC2(CCN(c3ccc(-c4nccn4C)nn3)CC2)C1.O=CO. The van der Waals surface area contributed by atoms with Crippen LogP contribution in [0, 0.1) is 5.41 Å². The summed E-state index contributed by atoms with van der Waals surface area (Å²) in [5.74, 6) is 1.71. The van der Waals surface area contributed by atoms with Gasteiger partial charge in [0.2, 0.25) is 5.91 Å². The molecule has 2 aromatic heterocycles. The van der Waals surface area contributed by atoms with Crippen LogP contribution in [0.4, 0.5) is 5.82 Å². The van der Waals surface area contributed by atoms with Crippen molar-refractivity contribution in [1.29, 1.82) is 0 Å². The first-order valence-corrected chi connectivity index (χ1v) is 9.95. The van der Waals surface area contributed by atoms with Crippen LogP contribution in [0.2, 0.25) is 0 Å². The largest absolute Gasteiger partial charge is 0.483 e. The predicted molar refractivity (Wildman–Crippen MR) is 110 cm³/mol. The van der Waals surface area contributed by atoms with Crippen molar-refractivity contribution in [3.05, 3.63) is 24.5 Å². The van der Waals surface area contributed by atoms with Crippen molar-refractivity contribution < 1.29 is 19.8 Å². The minimum atomic E-state index is -0.425. The Morgan fingerprint density at radius 1 is 1.27 bits per heavy atom. The maximum Gasteiger partial charge on any atom is 0.290 e. The van der Waals surface area contributed by atoms with E-state index in [9.17, 15) is 9.90 Å². The maximum absolute atomic E-state index is 11.8. The average Bonchev–Trinajstić information content (AvgIpc) is 3.15. The molecule has 2 N–H and O–H groups in total. The van der Waals surface area contributed by atoms with Crippen LogP contribution in [0.5, 0.6) is 0 Å². The number of carbonyl (C=O) groups is 2. The summed E-state index contributed by atoms with van der Waals surface area (Å²) in [5.41, 5.74) is 0.771. The van der Waals surface area contributed by atoms with E-state index in [1.165, 1.54) is 0 Å². The van der Waals surface area contributed by atoms with Gasteiger partial charge in [0.15, 0.2) is 11.6 Å². The number of likely N-dealkylation sites (tertiary alicyclic amines) is 1. The number of imidazole rings is 1. The molecule has 2 saturated heterocycles. The monoisotopic (exact) mass is 416 g/mol. The summed E-state index contributed by atoms with van der Waals surface area (Å²) >= 11 is 0. The molecule has 1 amide bonds. The molecule has 0 radical (unpaired) electrons. The van der Waals surface area contributed by atoms with E-state index in [0.29, 0.717) is 6.54 Å². The number of aliphatic hydroxyl groups excluding tert-OH is 1. The Labute approximate surface area is 175 Å². The highest BCUT2D eigenvalue weighted by molar-refractivity contribution is 5.73. The molecule has 0 aliphatic carbocycles. The van der Waals surface area contributed by atoms with Crippen LogP contribution in [0.25, 0.3) is 11.5 Å². The van der Waals surface area contributed by atoms with E-state index < -0.39 is 6.10 Å². The number of piperidine rings is 2. The topological polar surface area (TPSA) is 125 Å². The number of amides is 1. The molecular weight excluding hydrogens is 388 g/mol. The highest BCUT2D eigenvalue weighted by Crippen LogP contribution is 2.40. The lowest BCUT2D eigenvalue weighted by Crippen LogP contribution is -2.55. The number of carbonyl (C=O) groups excluding carboxylic acids is 1. The molecule has 2 aliphatic rings. The van der Waals surface area contributed by atoms with Gasteiger partial charge < -0.3 is 24.6 Å². The molecule has 4 heterocycles. The number of aryl methyl sites for hydroxylation is 1. The molecule has 162 valence electrons. The molecular formula is C20H28N6O4. The fourth-order valence-corrected chi connectivity index (χ4v) is 4.39. The molecule has 4 rings (SSSR count). The van der Waals surface area contributed by atoms with Gasteiger partial charge in [0, 0.05) is 52.5 Å². The lowest BCUT2D eigenvalue weighted by molar-refractivity contribution is -0.137. The van der Waals surface area contributed by atoms with Gasteiger partial charge in [-0.1, -0.05) is 0 Å². The normalized spacial score (nSPS) is 20.4. The zero-order valence-corrected chi connectivity index (χ0v) is 17.3. The first-order valence-electron chi connectivity index (χ1n) is 9.95. The van der Waals surface area contributed by atoms with Crippen LogP contribution in [-0.4, -0.2) is 79.5 Å². The van der Waals surface area contributed by atoms with Gasteiger partial charge >= 0.3 is 0 Å². The lowest BCUT2D eigenvalue weighted by atomic mass is 9.71. The summed E-state index contributed by atoms with van der Waals surface area (Å²) in [7, 11) is 1.94. The van der Waals surface area contributed by atoms with Crippen molar-refractivity contribution >= 4 is 18.2 Å². The predicted octanol–water partition coefficient (Wildman–Crippen LogP) is 0.778. The van der Waals surface area contributed by atoms with Gasteiger partial charge in [0.1, 0.15) is 5.69 Å². The van der Waals surface area contributed by atoms with Crippen LogP contribution in [0.1, 0.15) is 26.2 Å². The third kappa shape index (κ3) is 4.76. The molecule has 2 aromatic rings. The van der Waals surface area contributed by atoms with E-state index in [-0.39, 0.29) is 17.8 Å². The molecule has 0 bridgehead atoms. The molecule has 10 heteroatoms. The molecule has 0 aromatic carbocycles. The summed E-state index contributed by atoms with van der Waals surface area (Å²) in [5, 5.41) is 25.9. The summed E-state index contributed by atoms with van der Waals surface area (Å²) in [6.07, 6.45) is 5.86. The van der Waals surface area contributed by atoms with E-state index in [1.54, 1.807) is 18.0 Å². The Morgan fingerprint density at radius 2 is 1.97 bits per heavy atom. The Bertz CT molecular complexity index is 860. The van der Waals surface area contributed by atoms with E-state index in [4.69, 9.17) is 9.90 Å². The summed E-state index contributed by atoms with van der Waals surface area (Å²) in [6.45, 7) is 4.25. The van der Waals surface area contributed by atoms with Crippen molar-refractivity contribution in [3.63, 3.8) is 0 Å². The number of aromatic nitrogens is 4. The van der Waals surface area contributed by atoms with Crippen LogP contribution in [-0.2, 0) is 16.6 Å². The summed E-state index contributed by atoms with van der Waals surface area (Å²) in [4.78, 5) is 28.5. The van der Waals surface area contributed by atoms with Gasteiger partial charge in [-0.05, 0) is 36.8 Å². The van der Waals surface area contributed by atoms with Gasteiger partial charge in [-0.15, -0.1) is 10.2 Å². The number of hydrogen-bond donors (Lipinski definition) is 2. The van der Waals surface area contributed by atoms with Gasteiger partial charge in [-0.3, -0.25) is 9.59 Å². The van der Waals surface area contributed by atoms with E-state index in [2.05, 4.69) is 20.1 Å². The molecule has 0 saturated carbocycles. The number of nitrogens with zero attached hydrogens (tertiary/aromatic N) is 6. The zero-order valence-electron chi connectivity index (χ0n) is 17.3. The molecule has 30 heavy (non-hydrogen) atoms. The Hall–Kier alpha value is -3.01. The molecule has 1 unspecified atom stereocenters. The second kappa shape index (κ2) is 9.21. The smallest absolute Gasteiger partial charge is 0.290 e. The maximum atomic E-state index is 11.8. The third-order valence-electron chi connectivity index (χ3n) is 5.92. The van der Waals surface area contributed by atoms with E-state index in [0.717, 1.165) is 56.2 Å². The Morgan fingerprint density at radius 3 is 2.50 bits per heavy atom. The van der Waals surface area contributed by atoms with Crippen molar-refractivity contribution in [2.75, 3.05) is 31.1 Å². The minimum Gasteiger partial charge on any atom is -0.483 e. The molecule has 1 spiro atoms. The number of aliphatic hydroxyl groups is 1. The second-order valence-electron chi connectivity index (χ2n) is 7.99. The standard InChI is InChI=1S/C19H26N6O2.CH2O2/c1-14(26)25-12-15(27)11-19(13-25)5-8-24(9-6-19)17-4-3-16(21-22-17)18-20-7-10-23(18)2;2-1-3/h3-4,7,10,15,27H,5-6,8-9,11-13H2,1-2H3;1H,(H,2,3). The molecule has 2 fully saturated rings. The van der Waals surface area contributed by atoms with Crippen molar-refractivity contribution in [1.82, 2.24) is 24.6 Å². The number of β-amino-alcohol motifs (C(OH)–C–C–N with tert-alkyl or cyclic N) is 1. The fraction of sp³-hybridized carbons (Fsp3) is 0.550. The fourth-order valence-electron chi connectivity index (χ4n) is 4.39. The van der Waals surface area contributed by atoms with E-state index >= 15 is 0 Å². The molecule has 2 aliphatic heterocycles. The molecule has 10 nitrogen and oxygen atoms in total.